The van der Waals surface area contributed by atoms with Gasteiger partial charge in [0.15, 0.2) is 6.10 Å². The summed E-state index contributed by atoms with van der Waals surface area (Å²) in [6, 6.07) is 9.18. The number of nitrogens with zero attached hydrogens (tertiary/aromatic N) is 3. The Bertz CT molecular complexity index is 825. The van der Waals surface area contributed by atoms with E-state index in [-0.39, 0.29) is 24.3 Å². The van der Waals surface area contributed by atoms with Crippen molar-refractivity contribution < 1.29 is 18.8 Å². The molecule has 1 atom stereocenters. The van der Waals surface area contributed by atoms with Crippen LogP contribution in [0.25, 0.3) is 0 Å². The fourth-order valence-electron chi connectivity index (χ4n) is 3.20. The first-order chi connectivity index (χ1) is 12.0. The highest BCUT2D eigenvalue weighted by molar-refractivity contribution is 6.03. The van der Waals surface area contributed by atoms with E-state index in [1.807, 2.05) is 31.2 Å². The summed E-state index contributed by atoms with van der Waals surface area (Å²) in [6.07, 6.45) is -0.593. The second kappa shape index (κ2) is 5.91. The molecule has 7 nitrogen and oxygen atoms in total. The van der Waals surface area contributed by atoms with Crippen molar-refractivity contribution in [2.24, 2.45) is 0 Å². The van der Waals surface area contributed by atoms with E-state index in [1.54, 1.807) is 17.9 Å². The normalized spacial score (nSPS) is 20.1. The summed E-state index contributed by atoms with van der Waals surface area (Å²) in [7, 11) is 0. The molecule has 2 aliphatic rings. The first-order valence-corrected chi connectivity index (χ1v) is 8.31. The second-order valence-corrected chi connectivity index (χ2v) is 6.51. The molecule has 0 N–H and O–H groups in total. The van der Waals surface area contributed by atoms with Crippen molar-refractivity contribution in [1.82, 2.24) is 10.1 Å². The van der Waals surface area contributed by atoms with Gasteiger partial charge in [-0.15, -0.1) is 0 Å². The van der Waals surface area contributed by atoms with E-state index in [1.165, 1.54) is 4.90 Å². The minimum Gasteiger partial charge on any atom is -0.479 e. The number of para-hydroxylation sites is 2. The van der Waals surface area contributed by atoms with Crippen LogP contribution in [0.4, 0.5) is 5.69 Å². The predicted molar refractivity (Wildman–Crippen MR) is 89.4 cm³/mol. The van der Waals surface area contributed by atoms with Crippen LogP contribution in [0.1, 0.15) is 24.3 Å². The van der Waals surface area contributed by atoms with E-state index < -0.39 is 6.10 Å². The summed E-state index contributed by atoms with van der Waals surface area (Å²) >= 11 is 0. The maximum absolute atomic E-state index is 12.6. The molecular weight excluding hydrogens is 322 g/mol. The number of likely N-dealkylation sites (tertiary alicyclic amines) is 1. The van der Waals surface area contributed by atoms with Crippen LogP contribution in [0.5, 0.6) is 5.75 Å². The fraction of sp³-hybridized carbons (Fsp3) is 0.389. The maximum Gasteiger partial charge on any atom is 0.268 e. The van der Waals surface area contributed by atoms with E-state index in [2.05, 4.69) is 5.16 Å². The van der Waals surface area contributed by atoms with Crippen molar-refractivity contribution in [3.63, 3.8) is 0 Å². The zero-order chi connectivity index (χ0) is 17.6. The van der Waals surface area contributed by atoms with E-state index in [9.17, 15) is 9.59 Å². The van der Waals surface area contributed by atoms with E-state index >= 15 is 0 Å². The third-order valence-corrected chi connectivity index (χ3v) is 4.67. The number of anilines is 1. The summed E-state index contributed by atoms with van der Waals surface area (Å²) < 4.78 is 10.7. The Hall–Kier alpha value is -2.83. The van der Waals surface area contributed by atoms with Crippen LogP contribution in [-0.2, 0) is 9.59 Å². The van der Waals surface area contributed by atoms with Crippen molar-refractivity contribution in [3.8, 4) is 5.75 Å². The number of aryl methyl sites for hydroxylation is 1. The van der Waals surface area contributed by atoms with E-state index in [0.29, 0.717) is 24.5 Å². The quantitative estimate of drug-likeness (QED) is 0.850. The van der Waals surface area contributed by atoms with Crippen LogP contribution in [0.15, 0.2) is 34.9 Å². The standard InChI is InChI=1S/C18H19N3O4/c1-11-7-14(19-25-11)13-8-20(9-13)17(22)10-21-15-5-3-4-6-16(15)24-12(2)18(21)23/h3-7,12-13H,8-10H2,1-2H3. The molecule has 4 rings (SSSR count). The number of hydrogen-bond donors (Lipinski definition) is 0. The van der Waals surface area contributed by atoms with Gasteiger partial charge in [-0.2, -0.15) is 0 Å². The molecule has 0 aliphatic carbocycles. The van der Waals surface area contributed by atoms with E-state index in [4.69, 9.17) is 9.26 Å². The Balaban J connectivity index is 1.44. The van der Waals surface area contributed by atoms with Crippen molar-refractivity contribution in [1.29, 1.82) is 0 Å². The lowest BCUT2D eigenvalue weighted by atomic mass is 9.96. The average Bonchev–Trinajstić information content (AvgIpc) is 2.96. The summed E-state index contributed by atoms with van der Waals surface area (Å²) in [5.41, 5.74) is 1.52. The maximum atomic E-state index is 12.6. The molecule has 1 saturated heterocycles. The van der Waals surface area contributed by atoms with Crippen molar-refractivity contribution in [2.75, 3.05) is 24.5 Å². The second-order valence-electron chi connectivity index (χ2n) is 6.51. The van der Waals surface area contributed by atoms with Crippen LogP contribution < -0.4 is 9.64 Å². The zero-order valence-corrected chi connectivity index (χ0v) is 14.1. The highest BCUT2D eigenvalue weighted by atomic mass is 16.5. The van der Waals surface area contributed by atoms with Crippen LogP contribution >= 0.6 is 0 Å². The third kappa shape index (κ3) is 2.75. The lowest BCUT2D eigenvalue weighted by molar-refractivity contribution is -0.136. The van der Waals surface area contributed by atoms with Gasteiger partial charge in [0.05, 0.1) is 11.4 Å². The number of carbonyl (C=O) groups excluding carboxylic acids is 2. The molecule has 7 heteroatoms. The summed E-state index contributed by atoms with van der Waals surface area (Å²) in [5, 5.41) is 4.00. The molecular formula is C18H19N3O4. The minimum absolute atomic E-state index is 0.0219. The predicted octanol–water partition coefficient (Wildman–Crippen LogP) is 1.72. The lowest BCUT2D eigenvalue weighted by Gasteiger charge is -2.40. The molecule has 2 aliphatic heterocycles. The monoisotopic (exact) mass is 341 g/mol. The van der Waals surface area contributed by atoms with Gasteiger partial charge in [-0.1, -0.05) is 17.3 Å². The number of benzene rings is 1. The smallest absolute Gasteiger partial charge is 0.268 e. The number of hydrogen-bond acceptors (Lipinski definition) is 5. The molecule has 25 heavy (non-hydrogen) atoms. The number of ether oxygens (including phenoxy) is 1. The number of fused-ring (bicyclic) bond motifs is 1. The summed E-state index contributed by atoms with van der Waals surface area (Å²) in [5.74, 6) is 1.32. The van der Waals surface area contributed by atoms with Gasteiger partial charge in [0.2, 0.25) is 5.91 Å². The third-order valence-electron chi connectivity index (χ3n) is 4.67. The van der Waals surface area contributed by atoms with Gasteiger partial charge in [-0.3, -0.25) is 14.5 Å². The zero-order valence-electron chi connectivity index (χ0n) is 14.1. The summed E-state index contributed by atoms with van der Waals surface area (Å²) in [4.78, 5) is 28.3. The van der Waals surface area contributed by atoms with Gasteiger partial charge in [0, 0.05) is 25.1 Å². The first-order valence-electron chi connectivity index (χ1n) is 8.31. The Morgan fingerprint density at radius 3 is 2.80 bits per heavy atom. The topological polar surface area (TPSA) is 75.9 Å². The Morgan fingerprint density at radius 1 is 1.32 bits per heavy atom. The molecule has 1 aromatic carbocycles. The lowest BCUT2D eigenvalue weighted by Crippen LogP contribution is -2.54. The first kappa shape index (κ1) is 15.7. The molecule has 0 spiro atoms. The molecule has 3 heterocycles. The minimum atomic E-state index is -0.593. The highest BCUT2D eigenvalue weighted by Gasteiger charge is 2.37. The van der Waals surface area contributed by atoms with Gasteiger partial charge >= 0.3 is 0 Å². The van der Waals surface area contributed by atoms with E-state index in [0.717, 1.165) is 11.5 Å². The summed E-state index contributed by atoms with van der Waals surface area (Å²) in [6.45, 7) is 4.76. The van der Waals surface area contributed by atoms with Gasteiger partial charge in [0.25, 0.3) is 5.91 Å². The number of aromatic nitrogens is 1. The van der Waals surface area contributed by atoms with Crippen molar-refractivity contribution in [2.45, 2.75) is 25.9 Å². The molecule has 130 valence electrons. The Morgan fingerprint density at radius 2 is 2.08 bits per heavy atom. The van der Waals surface area contributed by atoms with Crippen molar-refractivity contribution in [3.05, 3.63) is 41.8 Å². The highest BCUT2D eigenvalue weighted by Crippen LogP contribution is 2.34. The molecule has 2 aromatic rings. The molecule has 2 amide bonds. The number of carbonyl (C=O) groups is 2. The number of amides is 2. The van der Waals surface area contributed by atoms with Gasteiger partial charge in [-0.05, 0) is 26.0 Å². The average molecular weight is 341 g/mol. The Kier molecular flexibility index (Phi) is 3.71. The molecule has 0 radical (unpaired) electrons. The van der Waals surface area contributed by atoms with Crippen molar-refractivity contribution >= 4 is 17.5 Å². The largest absolute Gasteiger partial charge is 0.479 e. The SMILES string of the molecule is Cc1cc(C2CN(C(=O)CN3C(=O)C(C)Oc4ccccc43)C2)no1. The fourth-order valence-corrected chi connectivity index (χ4v) is 3.20. The van der Waals surface area contributed by atoms with Gasteiger partial charge in [0.1, 0.15) is 18.1 Å². The molecule has 0 bridgehead atoms. The van der Waals surface area contributed by atoms with Gasteiger partial charge in [-0.25, -0.2) is 0 Å². The Labute approximate surface area is 145 Å². The molecule has 1 fully saturated rings. The molecule has 0 saturated carbocycles. The molecule has 1 unspecified atom stereocenters. The van der Waals surface area contributed by atoms with Crippen LogP contribution in [0, 0.1) is 6.92 Å². The number of rotatable bonds is 3. The van der Waals surface area contributed by atoms with Gasteiger partial charge < -0.3 is 14.2 Å². The van der Waals surface area contributed by atoms with Crippen LogP contribution in [0.3, 0.4) is 0 Å². The molecule has 1 aromatic heterocycles. The van der Waals surface area contributed by atoms with Crippen LogP contribution in [-0.4, -0.2) is 47.6 Å². The van der Waals surface area contributed by atoms with Crippen LogP contribution in [0.2, 0.25) is 0 Å².